The standard InChI is InChI=1S/C22H30NO3P/c1-16(2)20-12-11-17(3)14-21(20)26-27(25,19-9-5-4-6-10-19)22(24)18-8-7-13-23-15-18/h4-10,13,15-17,20-22,24H,11-12,14H2,1-3H3/t17-,20+,21+,22-,27-/m0/s1. The van der Waals surface area contributed by atoms with Crippen molar-refractivity contribution in [3.05, 3.63) is 60.4 Å². The third-order valence-electron chi connectivity index (χ3n) is 5.67. The molecule has 1 aromatic heterocycles. The van der Waals surface area contributed by atoms with Gasteiger partial charge in [-0.1, -0.05) is 51.5 Å². The minimum atomic E-state index is -3.54. The number of aliphatic hydroxyl groups excluding tert-OH is 1. The lowest BCUT2D eigenvalue weighted by Gasteiger charge is -2.39. The third kappa shape index (κ3) is 4.51. The molecule has 0 spiro atoms. The number of nitrogens with zero attached hydrogens (tertiary/aromatic N) is 1. The number of benzene rings is 1. The second kappa shape index (κ2) is 8.68. The highest BCUT2D eigenvalue weighted by Gasteiger charge is 2.42. The molecule has 0 bridgehead atoms. The van der Waals surface area contributed by atoms with E-state index in [4.69, 9.17) is 4.52 Å². The fourth-order valence-corrected chi connectivity index (χ4v) is 6.35. The molecule has 3 rings (SSSR count). The summed E-state index contributed by atoms with van der Waals surface area (Å²) in [5.41, 5.74) is 0.523. The second-order valence-electron chi connectivity index (χ2n) is 8.06. The van der Waals surface area contributed by atoms with Crippen LogP contribution in [-0.2, 0) is 9.09 Å². The zero-order chi connectivity index (χ0) is 19.4. The Hall–Kier alpha value is -1.48. The molecule has 1 N–H and O–H groups in total. The molecule has 0 amide bonds. The van der Waals surface area contributed by atoms with E-state index in [0.29, 0.717) is 28.6 Å². The zero-order valence-electron chi connectivity index (χ0n) is 16.4. The van der Waals surface area contributed by atoms with Gasteiger partial charge in [0.2, 0.25) is 0 Å². The smallest absolute Gasteiger partial charge is 0.264 e. The molecule has 5 heteroatoms. The van der Waals surface area contributed by atoms with E-state index >= 15 is 0 Å². The summed E-state index contributed by atoms with van der Waals surface area (Å²) in [6, 6.07) is 12.6. The number of hydrogen-bond acceptors (Lipinski definition) is 4. The highest BCUT2D eigenvalue weighted by molar-refractivity contribution is 7.67. The Bertz CT molecular complexity index is 766. The maximum atomic E-state index is 14.2. The van der Waals surface area contributed by atoms with Crippen molar-refractivity contribution in [2.24, 2.45) is 17.8 Å². The molecule has 2 aromatic rings. The maximum absolute atomic E-state index is 14.2. The van der Waals surface area contributed by atoms with Crippen LogP contribution in [0.1, 0.15) is 51.4 Å². The van der Waals surface area contributed by atoms with E-state index in [2.05, 4.69) is 25.8 Å². The van der Waals surface area contributed by atoms with E-state index < -0.39 is 13.2 Å². The quantitative estimate of drug-likeness (QED) is 0.696. The maximum Gasteiger partial charge on any atom is 0.264 e. The average Bonchev–Trinajstić information content (AvgIpc) is 2.68. The summed E-state index contributed by atoms with van der Waals surface area (Å²) in [4.78, 5) is 4.08. The lowest BCUT2D eigenvalue weighted by molar-refractivity contribution is 0.0427. The van der Waals surface area contributed by atoms with E-state index in [1.807, 2.05) is 18.2 Å². The molecule has 1 aromatic carbocycles. The monoisotopic (exact) mass is 387 g/mol. The van der Waals surface area contributed by atoms with E-state index in [-0.39, 0.29) is 6.10 Å². The molecule has 5 atom stereocenters. The Labute approximate surface area is 162 Å². The van der Waals surface area contributed by atoms with E-state index in [0.717, 1.165) is 12.8 Å². The van der Waals surface area contributed by atoms with Crippen LogP contribution >= 0.6 is 7.37 Å². The summed E-state index contributed by atoms with van der Waals surface area (Å²) in [5.74, 6) is 0.102. The molecule has 1 aliphatic rings. The number of hydrogen-bond donors (Lipinski definition) is 1. The summed E-state index contributed by atoms with van der Waals surface area (Å²) in [7, 11) is -3.54. The number of rotatable bonds is 6. The molecule has 146 valence electrons. The molecule has 0 aliphatic heterocycles. The average molecular weight is 387 g/mol. The summed E-state index contributed by atoms with van der Waals surface area (Å²) in [6.45, 7) is 6.61. The molecule has 4 nitrogen and oxygen atoms in total. The number of pyridine rings is 1. The van der Waals surface area contributed by atoms with Crippen LogP contribution in [0.15, 0.2) is 54.9 Å². The van der Waals surface area contributed by atoms with E-state index in [1.165, 1.54) is 6.42 Å². The Kier molecular flexibility index (Phi) is 6.52. The van der Waals surface area contributed by atoms with Crippen molar-refractivity contribution in [3.63, 3.8) is 0 Å². The first-order valence-corrected chi connectivity index (χ1v) is 11.5. The molecule has 27 heavy (non-hydrogen) atoms. The first-order valence-electron chi connectivity index (χ1n) is 9.83. The van der Waals surface area contributed by atoms with E-state index in [1.54, 1.807) is 36.7 Å². The summed E-state index contributed by atoms with van der Waals surface area (Å²) < 4.78 is 20.6. The van der Waals surface area contributed by atoms with Crippen LogP contribution in [-0.4, -0.2) is 16.2 Å². The Morgan fingerprint density at radius 2 is 1.89 bits per heavy atom. The van der Waals surface area contributed by atoms with E-state index in [9.17, 15) is 9.67 Å². The predicted octanol–water partition coefficient (Wildman–Crippen LogP) is 5.15. The Morgan fingerprint density at radius 1 is 1.15 bits per heavy atom. The van der Waals surface area contributed by atoms with Crippen LogP contribution in [0.25, 0.3) is 0 Å². The normalized spacial score (nSPS) is 26.5. The van der Waals surface area contributed by atoms with Crippen LogP contribution in [0.4, 0.5) is 0 Å². The van der Waals surface area contributed by atoms with Gasteiger partial charge in [-0.15, -0.1) is 0 Å². The Morgan fingerprint density at radius 3 is 2.52 bits per heavy atom. The molecule has 1 heterocycles. The summed E-state index contributed by atoms with van der Waals surface area (Å²) in [6.07, 6.45) is 6.20. The molecular weight excluding hydrogens is 357 g/mol. The van der Waals surface area contributed by atoms with Gasteiger partial charge in [-0.05, 0) is 48.8 Å². The fourth-order valence-electron chi connectivity index (χ4n) is 4.06. The van der Waals surface area contributed by atoms with Gasteiger partial charge in [-0.25, -0.2) is 0 Å². The van der Waals surface area contributed by atoms with Gasteiger partial charge in [0, 0.05) is 23.3 Å². The van der Waals surface area contributed by atoms with Crippen molar-refractivity contribution >= 4 is 12.7 Å². The predicted molar refractivity (Wildman–Crippen MR) is 109 cm³/mol. The van der Waals surface area contributed by atoms with Gasteiger partial charge < -0.3 is 9.63 Å². The molecule has 0 saturated heterocycles. The van der Waals surface area contributed by atoms with Crippen LogP contribution < -0.4 is 5.30 Å². The van der Waals surface area contributed by atoms with Gasteiger partial charge in [0.1, 0.15) is 0 Å². The minimum Gasteiger partial charge on any atom is -0.378 e. The highest BCUT2D eigenvalue weighted by atomic mass is 31.2. The minimum absolute atomic E-state index is 0.119. The van der Waals surface area contributed by atoms with Crippen molar-refractivity contribution in [3.8, 4) is 0 Å². The number of aliphatic hydroxyl groups is 1. The van der Waals surface area contributed by atoms with Crippen molar-refractivity contribution in [2.45, 2.75) is 52.0 Å². The highest BCUT2D eigenvalue weighted by Crippen LogP contribution is 2.60. The lowest BCUT2D eigenvalue weighted by atomic mass is 9.75. The van der Waals surface area contributed by atoms with Crippen LogP contribution in [0.5, 0.6) is 0 Å². The molecule has 1 saturated carbocycles. The van der Waals surface area contributed by atoms with Crippen LogP contribution in [0, 0.1) is 17.8 Å². The van der Waals surface area contributed by atoms with Gasteiger partial charge in [-0.2, -0.15) is 0 Å². The van der Waals surface area contributed by atoms with Gasteiger partial charge in [0.25, 0.3) is 7.37 Å². The first kappa shape index (κ1) is 20.3. The second-order valence-corrected chi connectivity index (χ2v) is 10.5. The third-order valence-corrected chi connectivity index (χ3v) is 8.22. The van der Waals surface area contributed by atoms with Crippen molar-refractivity contribution in [2.75, 3.05) is 0 Å². The lowest BCUT2D eigenvalue weighted by Crippen LogP contribution is -2.35. The molecule has 0 radical (unpaired) electrons. The van der Waals surface area contributed by atoms with Crippen molar-refractivity contribution < 1.29 is 14.2 Å². The van der Waals surface area contributed by atoms with Gasteiger partial charge in [0.15, 0.2) is 5.85 Å². The zero-order valence-corrected chi connectivity index (χ0v) is 17.3. The summed E-state index contributed by atoms with van der Waals surface area (Å²) >= 11 is 0. The molecule has 1 fully saturated rings. The van der Waals surface area contributed by atoms with Gasteiger partial charge >= 0.3 is 0 Å². The van der Waals surface area contributed by atoms with Crippen LogP contribution in [0.3, 0.4) is 0 Å². The van der Waals surface area contributed by atoms with Gasteiger partial charge in [0.05, 0.1) is 6.10 Å². The Balaban J connectivity index is 1.98. The first-order chi connectivity index (χ1) is 12.9. The summed E-state index contributed by atoms with van der Waals surface area (Å²) in [5, 5.41) is 11.6. The van der Waals surface area contributed by atoms with Gasteiger partial charge in [-0.3, -0.25) is 9.55 Å². The van der Waals surface area contributed by atoms with Crippen molar-refractivity contribution in [1.82, 2.24) is 4.98 Å². The molecule has 1 aliphatic carbocycles. The topological polar surface area (TPSA) is 59.4 Å². The SMILES string of the molecule is CC(C)[C@H]1CC[C@H](C)C[C@H]1O[P@@](=O)(c1ccccc1)[C@H](O)c1cccnc1. The van der Waals surface area contributed by atoms with Crippen LogP contribution in [0.2, 0.25) is 0 Å². The van der Waals surface area contributed by atoms with Crippen molar-refractivity contribution in [1.29, 1.82) is 0 Å². The fraction of sp³-hybridized carbons (Fsp3) is 0.500. The largest absolute Gasteiger partial charge is 0.378 e. The molecular formula is C22H30NO3P. The molecule has 0 unspecified atom stereocenters. The number of aromatic nitrogens is 1.